The maximum absolute atomic E-state index is 14.4. The van der Waals surface area contributed by atoms with Crippen LogP contribution in [0.25, 0.3) is 0 Å². The molecule has 47 heavy (non-hydrogen) atoms. The van der Waals surface area contributed by atoms with Crippen molar-refractivity contribution in [3.05, 3.63) is 12.7 Å². The number of hydrogen-bond acceptors (Lipinski definition) is 6. The molecule has 0 bridgehead atoms. The third-order valence-corrected chi connectivity index (χ3v) is 9.78. The second-order valence-corrected chi connectivity index (χ2v) is 15.0. The van der Waals surface area contributed by atoms with E-state index in [2.05, 4.69) is 41.7 Å². The number of nitrogens with zero attached hydrogens (tertiary/aromatic N) is 2. The SMILES string of the molecule is C=CCNC(=O)C(=O)CNC(=O)[C@@H]1[C@@H](CC(C)C)CCN1C(=O)[C@@H](NC(=O)N[C@H](CN1CCCCC1=O)C(C)(C)C)C1CCCCC1. The first kappa shape index (κ1) is 38.0. The maximum atomic E-state index is 14.4. The molecule has 3 fully saturated rings. The van der Waals surface area contributed by atoms with Gasteiger partial charge in [-0.3, -0.25) is 24.0 Å². The minimum absolute atomic E-state index is 0.0817. The number of hydrogen-bond donors (Lipinski definition) is 4. The lowest BCUT2D eigenvalue weighted by molar-refractivity contribution is -0.143. The number of carbonyl (C=O) groups excluding carboxylic acids is 6. The number of likely N-dealkylation sites (tertiary alicyclic amines) is 2. The van der Waals surface area contributed by atoms with Crippen LogP contribution in [-0.2, 0) is 24.0 Å². The van der Waals surface area contributed by atoms with Gasteiger partial charge in [0.15, 0.2) is 0 Å². The molecule has 0 aromatic carbocycles. The van der Waals surface area contributed by atoms with Gasteiger partial charge in [0.05, 0.1) is 12.6 Å². The number of amides is 6. The molecule has 2 saturated heterocycles. The first-order chi connectivity index (χ1) is 22.2. The largest absolute Gasteiger partial charge is 0.347 e. The van der Waals surface area contributed by atoms with Gasteiger partial charge >= 0.3 is 6.03 Å². The van der Waals surface area contributed by atoms with E-state index in [0.29, 0.717) is 38.9 Å². The molecule has 264 valence electrons. The summed E-state index contributed by atoms with van der Waals surface area (Å²) in [5.41, 5.74) is -0.346. The standard InChI is InChI=1S/C35H58N6O6/c1-7-17-36-31(44)26(42)21-37-32(45)30-25(20-23(2)3)16-19-41(30)33(46)29(24-13-9-8-10-14-24)39-34(47)38-27(35(4,5)6)22-40-18-12-11-15-28(40)43/h7,23-25,27,29-30H,1,8-22H2,2-6H3,(H,36,44)(H,37,45)(H2,38,39,47)/t25-,27-,29+,30+/m1/s1. The average molecular weight is 659 g/mol. The summed E-state index contributed by atoms with van der Waals surface area (Å²) in [4.78, 5) is 82.2. The Bertz CT molecular complexity index is 1140. The molecule has 2 heterocycles. The molecule has 0 aromatic heterocycles. The molecule has 6 amide bonds. The van der Waals surface area contributed by atoms with Crippen LogP contribution in [0.15, 0.2) is 12.7 Å². The Kier molecular flexibility index (Phi) is 14.3. The molecule has 3 aliphatic rings. The average Bonchev–Trinajstić information content (AvgIpc) is 3.44. The van der Waals surface area contributed by atoms with Gasteiger partial charge in [0.1, 0.15) is 12.1 Å². The van der Waals surface area contributed by atoms with Gasteiger partial charge in [0.2, 0.25) is 23.5 Å². The first-order valence-electron chi connectivity index (χ1n) is 17.6. The lowest BCUT2D eigenvalue weighted by Crippen LogP contribution is -2.61. The fraction of sp³-hybridized carbons (Fsp3) is 0.771. The molecule has 4 atom stereocenters. The normalized spacial score (nSPS) is 22.0. The molecule has 0 aromatic rings. The molecule has 3 rings (SSSR count). The molecule has 2 aliphatic heterocycles. The zero-order valence-corrected chi connectivity index (χ0v) is 29.2. The first-order valence-corrected chi connectivity index (χ1v) is 17.6. The van der Waals surface area contributed by atoms with E-state index in [0.717, 1.165) is 44.9 Å². The number of ketones is 1. The highest BCUT2D eigenvalue weighted by molar-refractivity contribution is 6.37. The molecule has 0 spiro atoms. The molecule has 0 radical (unpaired) electrons. The Morgan fingerprint density at radius 1 is 0.936 bits per heavy atom. The van der Waals surface area contributed by atoms with Crippen LogP contribution in [0.3, 0.4) is 0 Å². The van der Waals surface area contributed by atoms with Gasteiger partial charge in [0.25, 0.3) is 5.91 Å². The summed E-state index contributed by atoms with van der Waals surface area (Å²) >= 11 is 0. The van der Waals surface area contributed by atoms with Crippen molar-refractivity contribution in [3.8, 4) is 0 Å². The summed E-state index contributed by atoms with van der Waals surface area (Å²) in [6.07, 6.45) is 9.67. The van der Waals surface area contributed by atoms with E-state index >= 15 is 0 Å². The van der Waals surface area contributed by atoms with Crippen molar-refractivity contribution in [3.63, 3.8) is 0 Å². The molecular formula is C35H58N6O6. The van der Waals surface area contributed by atoms with Crippen LogP contribution in [0.2, 0.25) is 0 Å². The van der Waals surface area contributed by atoms with Gasteiger partial charge in [0, 0.05) is 32.6 Å². The molecule has 4 N–H and O–H groups in total. The van der Waals surface area contributed by atoms with Crippen LogP contribution >= 0.6 is 0 Å². The van der Waals surface area contributed by atoms with Gasteiger partial charge in [-0.05, 0) is 61.7 Å². The number of nitrogens with one attached hydrogen (secondary N) is 4. The summed E-state index contributed by atoms with van der Waals surface area (Å²) in [7, 11) is 0. The topological polar surface area (TPSA) is 157 Å². The minimum Gasteiger partial charge on any atom is -0.347 e. The molecular weight excluding hydrogens is 600 g/mol. The van der Waals surface area contributed by atoms with Crippen molar-refractivity contribution in [2.45, 2.75) is 117 Å². The van der Waals surface area contributed by atoms with Gasteiger partial charge in [-0.25, -0.2) is 4.79 Å². The van der Waals surface area contributed by atoms with Crippen molar-refractivity contribution >= 4 is 35.4 Å². The van der Waals surface area contributed by atoms with Crippen molar-refractivity contribution in [2.24, 2.45) is 23.2 Å². The second-order valence-electron chi connectivity index (χ2n) is 15.0. The lowest BCUT2D eigenvalue weighted by Gasteiger charge is -2.39. The lowest BCUT2D eigenvalue weighted by atomic mass is 9.83. The third kappa shape index (κ3) is 11.1. The monoisotopic (exact) mass is 658 g/mol. The summed E-state index contributed by atoms with van der Waals surface area (Å²) in [6.45, 7) is 14.8. The highest BCUT2D eigenvalue weighted by atomic mass is 16.2. The van der Waals surface area contributed by atoms with Crippen molar-refractivity contribution in [1.82, 2.24) is 31.1 Å². The Hall–Kier alpha value is -3.44. The summed E-state index contributed by atoms with van der Waals surface area (Å²) in [5, 5.41) is 11.1. The predicted molar refractivity (Wildman–Crippen MR) is 180 cm³/mol. The molecule has 1 aliphatic carbocycles. The summed E-state index contributed by atoms with van der Waals surface area (Å²) in [6, 6.07) is -2.45. The number of Topliss-reactive ketones (excluding diaryl/α,β-unsaturated/α-hetero) is 1. The Labute approximate surface area is 280 Å². The molecule has 12 heteroatoms. The Morgan fingerprint density at radius 3 is 2.26 bits per heavy atom. The van der Waals surface area contributed by atoms with Crippen LogP contribution in [0.5, 0.6) is 0 Å². The third-order valence-electron chi connectivity index (χ3n) is 9.78. The zero-order valence-electron chi connectivity index (χ0n) is 29.2. The van der Waals surface area contributed by atoms with E-state index in [4.69, 9.17) is 0 Å². The quantitative estimate of drug-likeness (QED) is 0.166. The minimum atomic E-state index is -0.827. The highest BCUT2D eigenvalue weighted by Crippen LogP contribution is 2.34. The van der Waals surface area contributed by atoms with Crippen LogP contribution in [0.1, 0.15) is 98.8 Å². The smallest absolute Gasteiger partial charge is 0.315 e. The van der Waals surface area contributed by atoms with E-state index in [1.807, 2.05) is 25.7 Å². The zero-order chi connectivity index (χ0) is 34.7. The van der Waals surface area contributed by atoms with Gasteiger partial charge < -0.3 is 31.1 Å². The second kappa shape index (κ2) is 17.6. The van der Waals surface area contributed by atoms with Crippen molar-refractivity contribution in [2.75, 3.05) is 32.7 Å². The van der Waals surface area contributed by atoms with E-state index < -0.39 is 42.3 Å². The van der Waals surface area contributed by atoms with Crippen LogP contribution < -0.4 is 21.3 Å². The van der Waals surface area contributed by atoms with Gasteiger partial charge in [-0.2, -0.15) is 0 Å². The summed E-state index contributed by atoms with van der Waals surface area (Å²) in [5.74, 6) is -2.21. The molecule has 12 nitrogen and oxygen atoms in total. The number of piperidine rings is 1. The van der Waals surface area contributed by atoms with Crippen LogP contribution in [-0.4, -0.2) is 96.1 Å². The predicted octanol–water partition coefficient (Wildman–Crippen LogP) is 2.91. The van der Waals surface area contributed by atoms with E-state index in [9.17, 15) is 28.8 Å². The fourth-order valence-corrected chi connectivity index (χ4v) is 7.11. The van der Waals surface area contributed by atoms with Crippen LogP contribution in [0, 0.1) is 23.2 Å². The summed E-state index contributed by atoms with van der Waals surface area (Å²) < 4.78 is 0. The fourth-order valence-electron chi connectivity index (χ4n) is 7.11. The van der Waals surface area contributed by atoms with Gasteiger partial charge in [-0.1, -0.05) is 60.0 Å². The highest BCUT2D eigenvalue weighted by Gasteiger charge is 2.46. The van der Waals surface area contributed by atoms with Crippen LogP contribution in [0.4, 0.5) is 4.79 Å². The number of urea groups is 1. The van der Waals surface area contributed by atoms with E-state index in [1.165, 1.54) is 6.08 Å². The maximum Gasteiger partial charge on any atom is 0.315 e. The molecule has 1 saturated carbocycles. The number of carbonyl (C=O) groups is 6. The van der Waals surface area contributed by atoms with E-state index in [-0.39, 0.29) is 47.6 Å². The number of rotatable bonds is 14. The van der Waals surface area contributed by atoms with Crippen molar-refractivity contribution in [1.29, 1.82) is 0 Å². The Balaban J connectivity index is 1.80. The van der Waals surface area contributed by atoms with Gasteiger partial charge in [-0.15, -0.1) is 6.58 Å². The molecule has 0 unspecified atom stereocenters. The Morgan fingerprint density at radius 2 is 1.64 bits per heavy atom. The van der Waals surface area contributed by atoms with Crippen molar-refractivity contribution < 1.29 is 28.8 Å². The van der Waals surface area contributed by atoms with E-state index in [1.54, 1.807) is 4.90 Å².